The van der Waals surface area contributed by atoms with E-state index in [1.165, 1.54) is 6.92 Å². The first-order chi connectivity index (χ1) is 4.39. The molecule has 0 saturated carbocycles. The Hall–Kier alpha value is -0.351. The van der Waals surface area contributed by atoms with Gasteiger partial charge in [0.2, 0.25) is 5.78 Å². The fourth-order valence-electron chi connectivity index (χ4n) is 0.319. The van der Waals surface area contributed by atoms with Crippen LogP contribution in [0.4, 0.5) is 13.2 Å². The molecule has 0 radical (unpaired) electrons. The molecule has 0 fully saturated rings. The van der Waals surface area contributed by atoms with Gasteiger partial charge in [0, 0.05) is 23.5 Å². The molecular formula is C5H5F3FeO2. The summed E-state index contributed by atoms with van der Waals surface area (Å²) in [6, 6.07) is 0. The molecule has 0 saturated heterocycles. The minimum atomic E-state index is -5.01. The summed E-state index contributed by atoms with van der Waals surface area (Å²) in [6.45, 7) is 1.20. The van der Waals surface area contributed by atoms with Gasteiger partial charge in [-0.2, -0.15) is 13.2 Å². The van der Waals surface area contributed by atoms with Gasteiger partial charge in [-0.05, 0) is 0 Å². The minimum absolute atomic E-state index is 0. The van der Waals surface area contributed by atoms with Crippen molar-refractivity contribution >= 4 is 11.6 Å². The van der Waals surface area contributed by atoms with Crippen LogP contribution in [0.2, 0.25) is 0 Å². The van der Waals surface area contributed by atoms with Gasteiger partial charge in [0.15, 0.2) is 0 Å². The smallest absolute Gasteiger partial charge is 0.291 e. The zero-order valence-electron chi connectivity index (χ0n) is 5.51. The van der Waals surface area contributed by atoms with Crippen molar-refractivity contribution in [3.8, 4) is 0 Å². The third-order valence-corrected chi connectivity index (χ3v) is 0.832. The van der Waals surface area contributed by atoms with E-state index in [-0.39, 0.29) is 17.1 Å². The van der Waals surface area contributed by atoms with E-state index in [0.29, 0.717) is 0 Å². The Morgan fingerprint density at radius 2 is 1.64 bits per heavy atom. The van der Waals surface area contributed by atoms with E-state index in [1.54, 1.807) is 0 Å². The van der Waals surface area contributed by atoms with Gasteiger partial charge in [0.05, 0.1) is 0 Å². The van der Waals surface area contributed by atoms with E-state index in [0.717, 1.165) is 0 Å². The largest absolute Gasteiger partial charge is 0.458 e. The second-order valence-corrected chi connectivity index (χ2v) is 1.60. The first-order valence-corrected chi connectivity index (χ1v) is 2.54. The van der Waals surface area contributed by atoms with Crippen LogP contribution in [0.3, 0.4) is 0 Å². The zero-order valence-corrected chi connectivity index (χ0v) is 6.62. The van der Waals surface area contributed by atoms with Crippen LogP contribution in [-0.4, -0.2) is 17.7 Å². The molecule has 0 heterocycles. The number of halogens is 3. The normalized spacial score (nSPS) is 10.2. The molecule has 0 rings (SSSR count). The minimum Gasteiger partial charge on any atom is -0.291 e. The van der Waals surface area contributed by atoms with Gasteiger partial charge in [0.25, 0.3) is 0 Å². The Labute approximate surface area is 71.6 Å². The second kappa shape index (κ2) is 4.51. The summed E-state index contributed by atoms with van der Waals surface area (Å²) in [5.41, 5.74) is 0. The van der Waals surface area contributed by atoms with E-state index >= 15 is 0 Å². The molecule has 0 aliphatic rings. The van der Waals surface area contributed by atoms with Crippen molar-refractivity contribution in [2.75, 3.05) is 0 Å². The average Bonchev–Trinajstić information content (AvgIpc) is 1.83. The Morgan fingerprint density at radius 3 is 1.73 bits per heavy atom. The molecular weight excluding hydrogens is 205 g/mol. The summed E-state index contributed by atoms with van der Waals surface area (Å²) >= 11 is 0. The molecule has 0 amide bonds. The van der Waals surface area contributed by atoms with E-state index < -0.39 is 24.2 Å². The molecule has 0 atom stereocenters. The molecule has 0 unspecified atom stereocenters. The van der Waals surface area contributed by atoms with Crippen LogP contribution in [0.5, 0.6) is 0 Å². The maximum atomic E-state index is 11.3. The number of alkyl halides is 3. The first kappa shape index (κ1) is 13.3. The molecule has 0 aliphatic carbocycles. The molecule has 66 valence electrons. The predicted molar refractivity (Wildman–Crippen MR) is 26.4 cm³/mol. The monoisotopic (exact) mass is 210 g/mol. The van der Waals surface area contributed by atoms with Gasteiger partial charge in [-0.15, -0.1) is 0 Å². The summed E-state index contributed by atoms with van der Waals surface area (Å²) in [5.74, 6) is -3.66. The van der Waals surface area contributed by atoms with Gasteiger partial charge in [-0.3, -0.25) is 9.59 Å². The second-order valence-electron chi connectivity index (χ2n) is 1.60. The molecule has 0 spiro atoms. The van der Waals surface area contributed by atoms with Crippen LogP contribution < -0.4 is 0 Å². The van der Waals surface area contributed by atoms with E-state index in [9.17, 15) is 22.8 Å². The van der Waals surface area contributed by atoms with E-state index in [2.05, 4.69) is 0 Å². The van der Waals surface area contributed by atoms with Crippen LogP contribution in [0.25, 0.3) is 0 Å². The fourth-order valence-corrected chi connectivity index (χ4v) is 0.319. The van der Waals surface area contributed by atoms with Crippen molar-refractivity contribution < 1.29 is 39.8 Å². The molecule has 0 N–H and O–H groups in total. The third kappa shape index (κ3) is 4.16. The summed E-state index contributed by atoms with van der Waals surface area (Å²) in [5, 5.41) is 0. The van der Waals surface area contributed by atoms with Gasteiger partial charge in [-0.25, -0.2) is 0 Å². The molecule has 11 heavy (non-hydrogen) atoms. The van der Waals surface area contributed by atoms with Crippen molar-refractivity contribution in [1.82, 2.24) is 0 Å². The summed E-state index contributed by atoms with van der Waals surface area (Å²) in [6.07, 6.45) is -5.41. The molecule has 6 heteroatoms. The van der Waals surface area contributed by atoms with Crippen molar-refractivity contribution in [2.45, 2.75) is 19.5 Å². The Kier molecular flexibility index (Phi) is 5.44. The van der Waals surface area contributed by atoms with Crippen molar-refractivity contribution in [3.63, 3.8) is 0 Å². The molecule has 0 aromatic carbocycles. The molecule has 0 aromatic heterocycles. The summed E-state index contributed by atoms with van der Waals surface area (Å²) in [7, 11) is 0. The maximum absolute atomic E-state index is 11.3. The molecule has 0 bridgehead atoms. The predicted octanol–water partition coefficient (Wildman–Crippen LogP) is 1.09. The Morgan fingerprint density at radius 1 is 1.27 bits per heavy atom. The average molecular weight is 210 g/mol. The zero-order chi connectivity index (χ0) is 8.36. The van der Waals surface area contributed by atoms with E-state index in [4.69, 9.17) is 0 Å². The van der Waals surface area contributed by atoms with Crippen LogP contribution >= 0.6 is 0 Å². The number of hydrogen-bond acceptors (Lipinski definition) is 2. The van der Waals surface area contributed by atoms with Crippen LogP contribution in [-0.2, 0) is 26.7 Å². The van der Waals surface area contributed by atoms with Crippen molar-refractivity contribution in [1.29, 1.82) is 0 Å². The quantitative estimate of drug-likeness (QED) is 0.505. The topological polar surface area (TPSA) is 34.1 Å². The molecule has 0 aromatic rings. The van der Waals surface area contributed by atoms with Crippen LogP contribution in [0.1, 0.15) is 13.3 Å². The van der Waals surface area contributed by atoms with Gasteiger partial charge >= 0.3 is 12.0 Å². The standard InChI is InChI=1S/C5H5F3O2.Fe/c1-2-3(9)4(10)5(6,7)8;/h2H2,1H3;. The van der Waals surface area contributed by atoms with Crippen LogP contribution in [0.15, 0.2) is 0 Å². The van der Waals surface area contributed by atoms with Crippen molar-refractivity contribution in [2.24, 2.45) is 0 Å². The van der Waals surface area contributed by atoms with E-state index in [1.807, 2.05) is 0 Å². The van der Waals surface area contributed by atoms with Crippen molar-refractivity contribution in [3.05, 3.63) is 0 Å². The number of carbonyl (C=O) groups excluding carboxylic acids is 2. The summed E-state index contributed by atoms with van der Waals surface area (Å²) in [4.78, 5) is 20.0. The number of Topliss-reactive ketones (excluding diaryl/α,β-unsaturated/α-hetero) is 2. The third-order valence-electron chi connectivity index (χ3n) is 0.832. The SMILES string of the molecule is CCC(=O)C(=O)C(F)(F)F.[Fe]. The molecule has 2 nitrogen and oxygen atoms in total. The van der Waals surface area contributed by atoms with Crippen LogP contribution in [0, 0.1) is 0 Å². The number of hydrogen-bond donors (Lipinski definition) is 0. The first-order valence-electron chi connectivity index (χ1n) is 2.54. The van der Waals surface area contributed by atoms with Gasteiger partial charge in [-0.1, -0.05) is 6.92 Å². The van der Waals surface area contributed by atoms with Gasteiger partial charge in [0.1, 0.15) is 0 Å². The summed E-state index contributed by atoms with van der Waals surface area (Å²) < 4.78 is 33.9. The molecule has 0 aliphatic heterocycles. The van der Waals surface area contributed by atoms with Gasteiger partial charge < -0.3 is 0 Å². The number of rotatable bonds is 2. The maximum Gasteiger partial charge on any atom is 0.458 e. The Balaban J connectivity index is 0. The number of carbonyl (C=O) groups is 2. The fraction of sp³-hybridized carbons (Fsp3) is 0.600. The number of ketones is 2. The Bertz CT molecular complexity index is 164.